The van der Waals surface area contributed by atoms with Gasteiger partial charge in [0.25, 0.3) is 5.91 Å². The van der Waals surface area contributed by atoms with Crippen LogP contribution in [0.5, 0.6) is 5.75 Å². The molecule has 0 spiro atoms. The van der Waals surface area contributed by atoms with Crippen molar-refractivity contribution >= 4 is 34.5 Å². The molecule has 0 saturated heterocycles. The zero-order valence-electron chi connectivity index (χ0n) is 18.7. The third-order valence-corrected chi connectivity index (χ3v) is 6.49. The van der Waals surface area contributed by atoms with Crippen LogP contribution in [-0.4, -0.2) is 34.9 Å². The number of nitrogens with one attached hydrogen (secondary N) is 1. The Morgan fingerprint density at radius 2 is 1.94 bits per heavy atom. The van der Waals surface area contributed by atoms with Gasteiger partial charge >= 0.3 is 0 Å². The Bertz CT molecular complexity index is 1370. The van der Waals surface area contributed by atoms with Crippen LogP contribution in [0.3, 0.4) is 0 Å². The van der Waals surface area contributed by atoms with Crippen LogP contribution in [0.1, 0.15) is 10.4 Å². The Balaban J connectivity index is 1.43. The fourth-order valence-corrected chi connectivity index (χ4v) is 4.68. The van der Waals surface area contributed by atoms with E-state index in [1.165, 1.54) is 4.90 Å². The maximum Gasteiger partial charge on any atom is 0.265 e. The number of thiazole rings is 1. The molecule has 8 heteroatoms. The molecule has 34 heavy (non-hydrogen) atoms. The Hall–Kier alpha value is -4.04. The molecule has 1 aliphatic rings. The summed E-state index contributed by atoms with van der Waals surface area (Å²) in [6, 6.07) is 18.8. The Morgan fingerprint density at radius 3 is 2.71 bits per heavy atom. The van der Waals surface area contributed by atoms with Crippen molar-refractivity contribution < 1.29 is 14.3 Å². The summed E-state index contributed by atoms with van der Waals surface area (Å²) in [6.45, 7) is 3.77. The summed E-state index contributed by atoms with van der Waals surface area (Å²) in [5.74, 6) is 0.00920. The number of aryl methyl sites for hydroxylation is 2. The van der Waals surface area contributed by atoms with Crippen LogP contribution in [0.2, 0.25) is 0 Å². The maximum atomic E-state index is 12.7. The van der Waals surface area contributed by atoms with E-state index >= 15 is 0 Å². The molecular weight excluding hydrogens is 448 g/mol. The normalized spacial score (nSPS) is 12.8. The highest BCUT2D eigenvalue weighted by atomic mass is 32.1. The lowest BCUT2D eigenvalue weighted by molar-refractivity contribution is -0.123. The number of carbonyl (C=O) groups excluding carboxylic acids is 2. The first-order valence-corrected chi connectivity index (χ1v) is 11.6. The summed E-state index contributed by atoms with van der Waals surface area (Å²) in [6.07, 6.45) is 1.74. The average Bonchev–Trinajstić information content (AvgIpc) is 3.24. The molecule has 3 heterocycles. The third-order valence-electron chi connectivity index (χ3n) is 5.49. The van der Waals surface area contributed by atoms with Gasteiger partial charge in [-0.15, -0.1) is 11.3 Å². The average molecular weight is 471 g/mol. The topological polar surface area (TPSA) is 84.4 Å². The maximum absolute atomic E-state index is 12.7. The summed E-state index contributed by atoms with van der Waals surface area (Å²) >= 11 is 1.56. The molecular formula is C26H22N4O3S. The lowest BCUT2D eigenvalue weighted by Crippen LogP contribution is -2.43. The van der Waals surface area contributed by atoms with Crippen molar-refractivity contribution in [2.24, 2.45) is 0 Å². The summed E-state index contributed by atoms with van der Waals surface area (Å²) < 4.78 is 5.62. The number of hydrogen-bond donors (Lipinski definition) is 1. The molecule has 2 aromatic carbocycles. The van der Waals surface area contributed by atoms with E-state index in [2.05, 4.69) is 10.3 Å². The minimum absolute atomic E-state index is 0.107. The number of aromatic nitrogens is 2. The lowest BCUT2D eigenvalue weighted by Gasteiger charge is -2.29. The number of pyridine rings is 1. The Kier molecular flexibility index (Phi) is 5.81. The van der Waals surface area contributed by atoms with E-state index < -0.39 is 0 Å². The van der Waals surface area contributed by atoms with E-state index in [1.54, 1.807) is 17.5 Å². The molecule has 5 rings (SSSR count). The number of fused-ring (bicyclic) bond motifs is 1. The summed E-state index contributed by atoms with van der Waals surface area (Å²) in [7, 11) is 0. The molecule has 0 bridgehead atoms. The number of amides is 2. The van der Waals surface area contributed by atoms with Crippen molar-refractivity contribution in [3.8, 4) is 27.7 Å². The molecule has 4 aromatic rings. The van der Waals surface area contributed by atoms with Crippen LogP contribution in [0.15, 0.2) is 66.9 Å². The number of hydrogen-bond acceptors (Lipinski definition) is 6. The fraction of sp³-hybridized carbons (Fsp3) is 0.154. The smallest absolute Gasteiger partial charge is 0.265 e. The SMILES string of the molecule is Cc1ccc(NC(=O)CN2C(=O)COc3ccc(-c4nc(-c5ccccn5)sc4C)cc32)cc1. The molecule has 2 amide bonds. The zero-order chi connectivity index (χ0) is 23.7. The summed E-state index contributed by atoms with van der Waals surface area (Å²) in [4.78, 5) is 37.1. The zero-order valence-corrected chi connectivity index (χ0v) is 19.6. The Morgan fingerprint density at radius 1 is 1.12 bits per heavy atom. The minimum Gasteiger partial charge on any atom is -0.482 e. The van der Waals surface area contributed by atoms with Gasteiger partial charge in [-0.25, -0.2) is 4.98 Å². The summed E-state index contributed by atoms with van der Waals surface area (Å²) in [5.41, 5.74) is 4.82. The van der Waals surface area contributed by atoms with E-state index in [0.717, 1.165) is 32.4 Å². The van der Waals surface area contributed by atoms with Gasteiger partial charge < -0.3 is 10.1 Å². The minimum atomic E-state index is -0.280. The van der Waals surface area contributed by atoms with Gasteiger partial charge in [0.15, 0.2) is 6.61 Å². The van der Waals surface area contributed by atoms with E-state index in [9.17, 15) is 9.59 Å². The van der Waals surface area contributed by atoms with Crippen LogP contribution >= 0.6 is 11.3 Å². The molecule has 0 fully saturated rings. The number of ether oxygens (including phenoxy) is 1. The molecule has 0 aliphatic carbocycles. The van der Waals surface area contributed by atoms with Gasteiger partial charge in [-0.1, -0.05) is 23.8 Å². The van der Waals surface area contributed by atoms with Gasteiger partial charge in [0.1, 0.15) is 17.3 Å². The molecule has 1 N–H and O–H groups in total. The molecule has 0 atom stereocenters. The van der Waals surface area contributed by atoms with Crippen molar-refractivity contribution in [1.29, 1.82) is 0 Å². The van der Waals surface area contributed by atoms with Gasteiger partial charge in [0.05, 0.1) is 17.1 Å². The van der Waals surface area contributed by atoms with Gasteiger partial charge in [-0.3, -0.25) is 19.5 Å². The highest BCUT2D eigenvalue weighted by Gasteiger charge is 2.28. The largest absolute Gasteiger partial charge is 0.482 e. The standard InChI is InChI=1S/C26H22N4O3S/c1-16-6-9-19(10-7-16)28-23(31)14-30-21-13-18(8-11-22(21)33-15-24(30)32)25-17(2)34-26(29-25)20-5-3-4-12-27-20/h3-13H,14-15H2,1-2H3,(H,28,31). The van der Waals surface area contributed by atoms with Crippen LogP contribution in [-0.2, 0) is 9.59 Å². The fourth-order valence-electron chi connectivity index (χ4n) is 3.77. The first-order valence-electron chi connectivity index (χ1n) is 10.8. The van der Waals surface area contributed by atoms with E-state index in [4.69, 9.17) is 9.72 Å². The van der Waals surface area contributed by atoms with Crippen molar-refractivity contribution in [3.05, 3.63) is 77.3 Å². The molecule has 0 unspecified atom stereocenters. The van der Waals surface area contributed by atoms with Crippen LogP contribution in [0.25, 0.3) is 22.0 Å². The van der Waals surface area contributed by atoms with Crippen LogP contribution in [0, 0.1) is 13.8 Å². The first kappa shape index (κ1) is 21.8. The number of nitrogens with zero attached hydrogens (tertiary/aromatic N) is 3. The van der Waals surface area contributed by atoms with Crippen molar-refractivity contribution in [2.75, 3.05) is 23.4 Å². The Labute approximate surface area is 201 Å². The first-order chi connectivity index (χ1) is 16.5. The van der Waals surface area contributed by atoms with Gasteiger partial charge in [0, 0.05) is 22.3 Å². The van der Waals surface area contributed by atoms with Gasteiger partial charge in [-0.05, 0) is 56.3 Å². The highest BCUT2D eigenvalue weighted by molar-refractivity contribution is 7.15. The van der Waals surface area contributed by atoms with Gasteiger partial charge in [-0.2, -0.15) is 0 Å². The van der Waals surface area contributed by atoms with Crippen LogP contribution < -0.4 is 15.0 Å². The predicted molar refractivity (Wildman–Crippen MR) is 133 cm³/mol. The van der Waals surface area contributed by atoms with E-state index in [1.807, 2.05) is 74.5 Å². The van der Waals surface area contributed by atoms with Crippen molar-refractivity contribution in [1.82, 2.24) is 9.97 Å². The summed E-state index contributed by atoms with van der Waals surface area (Å²) in [5, 5.41) is 3.68. The lowest BCUT2D eigenvalue weighted by atomic mass is 10.1. The number of carbonyl (C=O) groups is 2. The molecule has 0 saturated carbocycles. The number of anilines is 2. The van der Waals surface area contributed by atoms with E-state index in [0.29, 0.717) is 17.1 Å². The van der Waals surface area contributed by atoms with Crippen LogP contribution in [0.4, 0.5) is 11.4 Å². The van der Waals surface area contributed by atoms with E-state index in [-0.39, 0.29) is 25.0 Å². The number of benzene rings is 2. The quantitative estimate of drug-likeness (QED) is 0.451. The number of rotatable bonds is 5. The predicted octanol–water partition coefficient (Wildman–Crippen LogP) is 4.85. The van der Waals surface area contributed by atoms with Gasteiger partial charge in [0.2, 0.25) is 5.91 Å². The third kappa shape index (κ3) is 4.40. The second-order valence-corrected chi connectivity index (χ2v) is 9.21. The van der Waals surface area contributed by atoms with Crippen molar-refractivity contribution in [2.45, 2.75) is 13.8 Å². The molecule has 7 nitrogen and oxygen atoms in total. The van der Waals surface area contributed by atoms with Crippen molar-refractivity contribution in [3.63, 3.8) is 0 Å². The highest BCUT2D eigenvalue weighted by Crippen LogP contribution is 2.39. The molecule has 170 valence electrons. The molecule has 0 radical (unpaired) electrons. The second kappa shape index (κ2) is 9.07. The molecule has 1 aliphatic heterocycles. The monoisotopic (exact) mass is 470 g/mol. The molecule has 2 aromatic heterocycles. The second-order valence-electron chi connectivity index (χ2n) is 8.00.